The van der Waals surface area contributed by atoms with Crippen molar-refractivity contribution in [2.24, 2.45) is 0 Å². The Morgan fingerprint density at radius 1 is 1.00 bits per heavy atom. The molecule has 1 N–H and O–H groups in total. The van der Waals surface area contributed by atoms with E-state index >= 15 is 0 Å². The standard InChI is InChI=1S/C26H26N2O4/c29-25(12-7-17-31-22-10-5-2-6-11-22)27-21-13-14-24-23(18-21)28(26(30)19-32-24)16-15-20-8-3-1-4-9-20/h1-6,8-11,13-14,18H,7,12,15-17,19H2,(H,27,29). The summed E-state index contributed by atoms with van der Waals surface area (Å²) < 4.78 is 11.2. The Morgan fingerprint density at radius 3 is 2.53 bits per heavy atom. The van der Waals surface area contributed by atoms with Crippen LogP contribution in [0.15, 0.2) is 78.9 Å². The summed E-state index contributed by atoms with van der Waals surface area (Å²) in [5.41, 5.74) is 2.48. The van der Waals surface area contributed by atoms with Gasteiger partial charge in [0.25, 0.3) is 5.91 Å². The van der Waals surface area contributed by atoms with Gasteiger partial charge in [0.05, 0.1) is 12.3 Å². The second kappa shape index (κ2) is 10.5. The Kier molecular flexibility index (Phi) is 7.02. The fourth-order valence-corrected chi connectivity index (χ4v) is 3.57. The van der Waals surface area contributed by atoms with Crippen molar-refractivity contribution in [3.63, 3.8) is 0 Å². The second-order valence-corrected chi connectivity index (χ2v) is 7.57. The van der Waals surface area contributed by atoms with Gasteiger partial charge in [-0.15, -0.1) is 0 Å². The largest absolute Gasteiger partial charge is 0.494 e. The van der Waals surface area contributed by atoms with E-state index in [-0.39, 0.29) is 18.4 Å². The van der Waals surface area contributed by atoms with Crippen molar-refractivity contribution in [1.82, 2.24) is 0 Å². The zero-order chi connectivity index (χ0) is 22.2. The van der Waals surface area contributed by atoms with E-state index in [0.29, 0.717) is 43.1 Å². The molecule has 2 amide bonds. The maximum atomic E-state index is 12.5. The molecule has 32 heavy (non-hydrogen) atoms. The van der Waals surface area contributed by atoms with E-state index in [9.17, 15) is 9.59 Å². The number of carbonyl (C=O) groups is 2. The number of nitrogens with zero attached hydrogens (tertiary/aromatic N) is 1. The number of para-hydroxylation sites is 1. The molecule has 0 saturated heterocycles. The Balaban J connectivity index is 1.33. The van der Waals surface area contributed by atoms with E-state index < -0.39 is 0 Å². The molecule has 0 aromatic heterocycles. The molecule has 0 bridgehead atoms. The lowest BCUT2D eigenvalue weighted by Gasteiger charge is -2.30. The Bertz CT molecular complexity index is 1050. The molecule has 1 heterocycles. The van der Waals surface area contributed by atoms with Crippen LogP contribution in [0.25, 0.3) is 0 Å². The number of ether oxygens (including phenoxy) is 2. The number of benzene rings is 3. The van der Waals surface area contributed by atoms with Crippen LogP contribution in [0.5, 0.6) is 11.5 Å². The van der Waals surface area contributed by atoms with E-state index in [0.717, 1.165) is 17.7 Å². The van der Waals surface area contributed by atoms with Crippen molar-refractivity contribution in [2.75, 3.05) is 30.0 Å². The number of hydrogen-bond acceptors (Lipinski definition) is 4. The highest BCUT2D eigenvalue weighted by molar-refractivity contribution is 5.99. The van der Waals surface area contributed by atoms with Gasteiger partial charge in [0.15, 0.2) is 6.61 Å². The van der Waals surface area contributed by atoms with Crippen LogP contribution in [0.3, 0.4) is 0 Å². The van der Waals surface area contributed by atoms with Gasteiger partial charge in [-0.2, -0.15) is 0 Å². The number of hydrogen-bond donors (Lipinski definition) is 1. The van der Waals surface area contributed by atoms with Gasteiger partial charge in [-0.25, -0.2) is 0 Å². The highest BCUT2D eigenvalue weighted by Gasteiger charge is 2.25. The van der Waals surface area contributed by atoms with Gasteiger partial charge < -0.3 is 19.7 Å². The minimum atomic E-state index is -0.0968. The number of anilines is 2. The van der Waals surface area contributed by atoms with Crippen LogP contribution in [0.1, 0.15) is 18.4 Å². The molecule has 0 radical (unpaired) electrons. The molecule has 164 valence electrons. The third-order valence-electron chi connectivity index (χ3n) is 5.21. The molecular formula is C26H26N2O4. The maximum Gasteiger partial charge on any atom is 0.265 e. The van der Waals surface area contributed by atoms with Crippen molar-refractivity contribution in [3.8, 4) is 11.5 Å². The molecule has 0 aliphatic carbocycles. The van der Waals surface area contributed by atoms with Crippen molar-refractivity contribution < 1.29 is 19.1 Å². The normalized spacial score (nSPS) is 12.6. The lowest BCUT2D eigenvalue weighted by Crippen LogP contribution is -2.40. The summed E-state index contributed by atoms with van der Waals surface area (Å²) in [5.74, 6) is 1.25. The van der Waals surface area contributed by atoms with E-state index in [2.05, 4.69) is 5.32 Å². The molecule has 0 atom stereocenters. The summed E-state index contributed by atoms with van der Waals surface area (Å²) in [6.45, 7) is 1.04. The van der Waals surface area contributed by atoms with Crippen molar-refractivity contribution in [1.29, 1.82) is 0 Å². The topological polar surface area (TPSA) is 67.9 Å². The number of amides is 2. The fraction of sp³-hybridized carbons (Fsp3) is 0.231. The van der Waals surface area contributed by atoms with Gasteiger partial charge >= 0.3 is 0 Å². The molecule has 0 saturated carbocycles. The molecule has 6 heteroatoms. The number of nitrogens with one attached hydrogen (secondary N) is 1. The third-order valence-corrected chi connectivity index (χ3v) is 5.21. The number of carbonyl (C=O) groups excluding carboxylic acids is 2. The van der Waals surface area contributed by atoms with Crippen LogP contribution in [-0.2, 0) is 16.0 Å². The number of fused-ring (bicyclic) bond motifs is 1. The van der Waals surface area contributed by atoms with Crippen LogP contribution >= 0.6 is 0 Å². The van der Waals surface area contributed by atoms with Gasteiger partial charge in [-0.1, -0.05) is 48.5 Å². The predicted octanol–water partition coefficient (Wildman–Crippen LogP) is 4.45. The Labute approximate surface area is 187 Å². The molecular weight excluding hydrogens is 404 g/mol. The Morgan fingerprint density at radius 2 is 1.75 bits per heavy atom. The van der Waals surface area contributed by atoms with Crippen LogP contribution in [0, 0.1) is 0 Å². The molecule has 0 unspecified atom stereocenters. The van der Waals surface area contributed by atoms with E-state index in [1.165, 1.54) is 0 Å². The second-order valence-electron chi connectivity index (χ2n) is 7.57. The predicted molar refractivity (Wildman–Crippen MR) is 124 cm³/mol. The molecule has 0 spiro atoms. The summed E-state index contributed by atoms with van der Waals surface area (Å²) >= 11 is 0. The monoisotopic (exact) mass is 430 g/mol. The average Bonchev–Trinajstić information content (AvgIpc) is 2.82. The molecule has 1 aliphatic heterocycles. The lowest BCUT2D eigenvalue weighted by molar-refractivity contribution is -0.121. The summed E-state index contributed by atoms with van der Waals surface area (Å²) in [7, 11) is 0. The van der Waals surface area contributed by atoms with Crippen molar-refractivity contribution in [2.45, 2.75) is 19.3 Å². The Hall–Kier alpha value is -3.80. The quantitative estimate of drug-likeness (QED) is 0.509. The van der Waals surface area contributed by atoms with Gasteiger partial charge in [-0.05, 0) is 48.7 Å². The van der Waals surface area contributed by atoms with Crippen LogP contribution in [0.2, 0.25) is 0 Å². The zero-order valence-corrected chi connectivity index (χ0v) is 17.8. The third kappa shape index (κ3) is 5.66. The maximum absolute atomic E-state index is 12.5. The van der Waals surface area contributed by atoms with Gasteiger partial charge in [0.2, 0.25) is 5.91 Å². The molecule has 0 fully saturated rings. The SMILES string of the molecule is O=C(CCCOc1ccccc1)Nc1ccc2c(c1)N(CCc1ccccc1)C(=O)CO2. The smallest absolute Gasteiger partial charge is 0.265 e. The summed E-state index contributed by atoms with van der Waals surface area (Å²) in [5, 5.41) is 2.91. The lowest BCUT2D eigenvalue weighted by atomic mass is 10.1. The minimum absolute atomic E-state index is 0.0227. The van der Waals surface area contributed by atoms with Gasteiger partial charge in [0, 0.05) is 18.7 Å². The first-order chi connectivity index (χ1) is 15.7. The molecule has 3 aromatic carbocycles. The fourth-order valence-electron chi connectivity index (χ4n) is 3.57. The first-order valence-electron chi connectivity index (χ1n) is 10.8. The van der Waals surface area contributed by atoms with Gasteiger partial charge in [-0.3, -0.25) is 9.59 Å². The first kappa shape index (κ1) is 21.4. The average molecular weight is 431 g/mol. The minimum Gasteiger partial charge on any atom is -0.494 e. The van der Waals surface area contributed by atoms with Crippen LogP contribution < -0.4 is 19.7 Å². The highest BCUT2D eigenvalue weighted by Crippen LogP contribution is 2.34. The van der Waals surface area contributed by atoms with E-state index in [1.807, 2.05) is 60.7 Å². The van der Waals surface area contributed by atoms with Crippen molar-refractivity contribution in [3.05, 3.63) is 84.4 Å². The summed E-state index contributed by atoms with van der Waals surface area (Å²) in [4.78, 5) is 26.6. The summed E-state index contributed by atoms with van der Waals surface area (Å²) in [6, 6.07) is 25.0. The van der Waals surface area contributed by atoms with E-state index in [4.69, 9.17) is 9.47 Å². The zero-order valence-electron chi connectivity index (χ0n) is 17.8. The van der Waals surface area contributed by atoms with Crippen LogP contribution in [0.4, 0.5) is 11.4 Å². The van der Waals surface area contributed by atoms with Crippen molar-refractivity contribution >= 4 is 23.2 Å². The molecule has 4 rings (SSSR count). The number of rotatable bonds is 9. The summed E-state index contributed by atoms with van der Waals surface area (Å²) in [6.07, 6.45) is 1.69. The highest BCUT2D eigenvalue weighted by atomic mass is 16.5. The molecule has 6 nitrogen and oxygen atoms in total. The van der Waals surface area contributed by atoms with E-state index in [1.54, 1.807) is 23.1 Å². The van der Waals surface area contributed by atoms with Crippen LogP contribution in [-0.4, -0.2) is 31.6 Å². The molecule has 3 aromatic rings. The molecule has 1 aliphatic rings. The van der Waals surface area contributed by atoms with Gasteiger partial charge in [0.1, 0.15) is 11.5 Å². The first-order valence-corrected chi connectivity index (χ1v) is 10.8.